The van der Waals surface area contributed by atoms with E-state index in [1.165, 1.54) is 6.07 Å². The van der Waals surface area contributed by atoms with Gasteiger partial charge in [0.1, 0.15) is 11.7 Å². The van der Waals surface area contributed by atoms with Crippen molar-refractivity contribution in [2.24, 2.45) is 0 Å². The summed E-state index contributed by atoms with van der Waals surface area (Å²) >= 11 is 0. The Morgan fingerprint density at radius 2 is 1.95 bits per heavy atom. The van der Waals surface area contributed by atoms with Crippen molar-refractivity contribution in [2.45, 2.75) is 26.9 Å². The highest BCUT2D eigenvalue weighted by atomic mass is 16.5. The van der Waals surface area contributed by atoms with Gasteiger partial charge in [-0.15, -0.1) is 0 Å². The zero-order chi connectivity index (χ0) is 14.7. The monoisotopic (exact) mass is 271 g/mol. The number of aromatic nitrogens is 1. The number of pyridine rings is 1. The van der Waals surface area contributed by atoms with Gasteiger partial charge in [0.2, 0.25) is 0 Å². The van der Waals surface area contributed by atoms with Crippen molar-refractivity contribution in [1.82, 2.24) is 4.98 Å². The van der Waals surface area contributed by atoms with Gasteiger partial charge >= 0.3 is 5.97 Å². The van der Waals surface area contributed by atoms with Gasteiger partial charge in [0.15, 0.2) is 0 Å². The summed E-state index contributed by atoms with van der Waals surface area (Å²) in [7, 11) is 0. The number of aryl methyl sites for hydroxylation is 2. The molecule has 1 aromatic heterocycles. The first-order valence-corrected chi connectivity index (χ1v) is 6.45. The molecule has 0 saturated heterocycles. The van der Waals surface area contributed by atoms with E-state index in [9.17, 15) is 9.59 Å². The van der Waals surface area contributed by atoms with E-state index in [2.05, 4.69) is 4.98 Å². The number of carbonyl (C=O) groups excluding carboxylic acids is 1. The van der Waals surface area contributed by atoms with Gasteiger partial charge < -0.3 is 9.72 Å². The fraction of sp³-hybridized carbons (Fsp3) is 0.250. The smallest absolute Gasteiger partial charge is 0.344 e. The van der Waals surface area contributed by atoms with Gasteiger partial charge in [-0.25, -0.2) is 4.79 Å². The third-order valence-electron chi connectivity index (χ3n) is 3.07. The Morgan fingerprint density at radius 1 is 1.20 bits per heavy atom. The molecule has 20 heavy (non-hydrogen) atoms. The summed E-state index contributed by atoms with van der Waals surface area (Å²) in [6.45, 7) is 5.52. The Bertz CT molecular complexity index is 688. The molecule has 2 rings (SSSR count). The SMILES string of the molecule is Cc1cccc([C@H](C)OC(=O)c2ccc(C)[nH]c2=O)c1. The standard InChI is InChI=1S/C16H17NO3/c1-10-5-4-6-13(9-10)12(3)20-16(19)14-8-7-11(2)17-15(14)18/h4-9,12H,1-3H3,(H,17,18)/t12-/m0/s1. The molecule has 1 aromatic carbocycles. The van der Waals surface area contributed by atoms with Gasteiger partial charge in [-0.2, -0.15) is 0 Å². The molecular weight excluding hydrogens is 254 g/mol. The first kappa shape index (κ1) is 14.1. The molecule has 104 valence electrons. The number of ether oxygens (including phenoxy) is 1. The highest BCUT2D eigenvalue weighted by Crippen LogP contribution is 2.18. The number of hydrogen-bond donors (Lipinski definition) is 1. The Balaban J connectivity index is 2.17. The zero-order valence-electron chi connectivity index (χ0n) is 11.8. The largest absolute Gasteiger partial charge is 0.454 e. The van der Waals surface area contributed by atoms with Gasteiger partial charge in [0.25, 0.3) is 5.56 Å². The minimum atomic E-state index is -0.611. The highest BCUT2D eigenvalue weighted by Gasteiger charge is 2.16. The van der Waals surface area contributed by atoms with E-state index in [0.29, 0.717) is 5.69 Å². The third kappa shape index (κ3) is 3.15. The van der Waals surface area contributed by atoms with Crippen molar-refractivity contribution in [3.8, 4) is 0 Å². The third-order valence-corrected chi connectivity index (χ3v) is 3.07. The van der Waals surface area contributed by atoms with Crippen LogP contribution in [0.4, 0.5) is 0 Å². The number of esters is 1. The number of carbonyl (C=O) groups is 1. The maximum atomic E-state index is 12.0. The minimum Gasteiger partial charge on any atom is -0.454 e. The van der Waals surface area contributed by atoms with Gasteiger partial charge in [-0.3, -0.25) is 4.79 Å². The van der Waals surface area contributed by atoms with E-state index < -0.39 is 17.6 Å². The van der Waals surface area contributed by atoms with E-state index in [1.54, 1.807) is 19.9 Å². The molecule has 0 bridgehead atoms. The molecule has 0 amide bonds. The van der Waals surface area contributed by atoms with Crippen LogP contribution in [0.5, 0.6) is 0 Å². The van der Waals surface area contributed by atoms with E-state index >= 15 is 0 Å². The second-order valence-electron chi connectivity index (χ2n) is 4.85. The van der Waals surface area contributed by atoms with Crippen molar-refractivity contribution in [3.05, 3.63) is 69.1 Å². The van der Waals surface area contributed by atoms with Crippen molar-refractivity contribution in [2.75, 3.05) is 0 Å². The number of rotatable bonds is 3. The number of nitrogens with one attached hydrogen (secondary N) is 1. The van der Waals surface area contributed by atoms with Crippen LogP contribution in [-0.2, 0) is 4.74 Å². The van der Waals surface area contributed by atoms with Crippen LogP contribution >= 0.6 is 0 Å². The second kappa shape index (κ2) is 5.74. The summed E-state index contributed by atoms with van der Waals surface area (Å²) < 4.78 is 5.34. The van der Waals surface area contributed by atoms with E-state index in [0.717, 1.165) is 11.1 Å². The second-order valence-corrected chi connectivity index (χ2v) is 4.85. The molecule has 1 atom stereocenters. The maximum Gasteiger partial charge on any atom is 0.344 e. The molecule has 1 N–H and O–H groups in total. The van der Waals surface area contributed by atoms with Gasteiger partial charge in [-0.1, -0.05) is 29.8 Å². The first-order chi connectivity index (χ1) is 9.47. The molecule has 0 spiro atoms. The fourth-order valence-corrected chi connectivity index (χ4v) is 1.95. The van der Waals surface area contributed by atoms with Crippen LogP contribution in [0.2, 0.25) is 0 Å². The van der Waals surface area contributed by atoms with Crippen LogP contribution in [0.3, 0.4) is 0 Å². The number of H-pyrrole nitrogens is 1. The van der Waals surface area contributed by atoms with Crippen LogP contribution in [0, 0.1) is 13.8 Å². The molecule has 0 unspecified atom stereocenters. The molecule has 4 nitrogen and oxygen atoms in total. The lowest BCUT2D eigenvalue weighted by Crippen LogP contribution is -2.21. The van der Waals surface area contributed by atoms with Crippen LogP contribution in [0.1, 0.15) is 40.2 Å². The molecule has 1 heterocycles. The van der Waals surface area contributed by atoms with Gasteiger partial charge in [-0.05, 0) is 38.5 Å². The predicted octanol–water partition coefficient (Wildman–Crippen LogP) is 2.91. The maximum absolute atomic E-state index is 12.0. The summed E-state index contributed by atoms with van der Waals surface area (Å²) in [4.78, 5) is 26.3. The van der Waals surface area contributed by atoms with Crippen LogP contribution in [-0.4, -0.2) is 11.0 Å². The van der Waals surface area contributed by atoms with Crippen LogP contribution < -0.4 is 5.56 Å². The number of benzene rings is 1. The normalized spacial score (nSPS) is 11.9. The summed E-state index contributed by atoms with van der Waals surface area (Å²) in [6.07, 6.45) is -0.400. The summed E-state index contributed by atoms with van der Waals surface area (Å²) in [5.41, 5.74) is 2.31. The van der Waals surface area contributed by atoms with Crippen molar-refractivity contribution in [1.29, 1.82) is 0 Å². The fourth-order valence-electron chi connectivity index (χ4n) is 1.95. The topological polar surface area (TPSA) is 59.2 Å². The number of hydrogen-bond acceptors (Lipinski definition) is 3. The Kier molecular flexibility index (Phi) is 4.03. The van der Waals surface area contributed by atoms with Crippen LogP contribution in [0.25, 0.3) is 0 Å². The summed E-state index contributed by atoms with van der Waals surface area (Å²) in [5, 5.41) is 0. The molecule has 0 saturated carbocycles. The Morgan fingerprint density at radius 3 is 2.60 bits per heavy atom. The predicted molar refractivity (Wildman–Crippen MR) is 76.8 cm³/mol. The zero-order valence-corrected chi connectivity index (χ0v) is 11.8. The van der Waals surface area contributed by atoms with E-state index in [-0.39, 0.29) is 5.56 Å². The van der Waals surface area contributed by atoms with Gasteiger partial charge in [0, 0.05) is 5.69 Å². The number of aromatic amines is 1. The Labute approximate surface area is 117 Å². The summed E-state index contributed by atoms with van der Waals surface area (Å²) in [5.74, 6) is -0.611. The lowest BCUT2D eigenvalue weighted by atomic mass is 10.1. The molecule has 2 aromatic rings. The molecule has 0 fully saturated rings. The molecule has 0 radical (unpaired) electrons. The molecule has 0 aliphatic carbocycles. The minimum absolute atomic E-state index is 0.0232. The molecule has 4 heteroatoms. The average molecular weight is 271 g/mol. The van der Waals surface area contributed by atoms with Crippen molar-refractivity contribution >= 4 is 5.97 Å². The van der Waals surface area contributed by atoms with Gasteiger partial charge in [0.05, 0.1) is 0 Å². The van der Waals surface area contributed by atoms with Crippen LogP contribution in [0.15, 0.2) is 41.2 Å². The summed E-state index contributed by atoms with van der Waals surface area (Å²) in [6, 6.07) is 10.9. The van der Waals surface area contributed by atoms with E-state index in [1.807, 2.05) is 31.2 Å². The quantitative estimate of drug-likeness (QED) is 0.873. The molecule has 0 aliphatic rings. The lowest BCUT2D eigenvalue weighted by Gasteiger charge is -2.14. The molecule has 0 aliphatic heterocycles. The van der Waals surface area contributed by atoms with E-state index in [4.69, 9.17) is 4.74 Å². The van der Waals surface area contributed by atoms with Crippen molar-refractivity contribution < 1.29 is 9.53 Å². The lowest BCUT2D eigenvalue weighted by molar-refractivity contribution is 0.0335. The Hall–Kier alpha value is -2.36. The highest BCUT2D eigenvalue weighted by molar-refractivity contribution is 5.89. The average Bonchev–Trinajstić information content (AvgIpc) is 2.38. The van der Waals surface area contributed by atoms with Crippen molar-refractivity contribution in [3.63, 3.8) is 0 Å². The first-order valence-electron chi connectivity index (χ1n) is 6.45. The molecular formula is C16H17NO3.